The van der Waals surface area contributed by atoms with Crippen LogP contribution in [0, 0.1) is 0 Å². The molecule has 76 valence electrons. The molecule has 1 rings (SSSR count). The van der Waals surface area contributed by atoms with Crippen LogP contribution in [-0.2, 0) is 10.2 Å². The van der Waals surface area contributed by atoms with Gasteiger partial charge in [0.1, 0.15) is 0 Å². The van der Waals surface area contributed by atoms with E-state index in [1.807, 2.05) is 0 Å². The highest BCUT2D eigenvalue weighted by molar-refractivity contribution is 6.35. The molecule has 0 unspecified atom stereocenters. The molecule has 0 aromatic carbocycles. The number of aromatic nitrogens is 1. The zero-order valence-electron chi connectivity index (χ0n) is 7.84. The number of primary amides is 1. The third-order valence-electron chi connectivity index (χ3n) is 2.02. The lowest BCUT2D eigenvalue weighted by molar-refractivity contribution is -0.122. The highest BCUT2D eigenvalue weighted by atomic mass is 35.5. The minimum atomic E-state index is -0.887. The lowest BCUT2D eigenvalue weighted by Gasteiger charge is -2.20. The van der Waals surface area contributed by atoms with Crippen molar-refractivity contribution >= 4 is 29.1 Å². The lowest BCUT2D eigenvalue weighted by atomic mass is 9.88. The van der Waals surface area contributed by atoms with Gasteiger partial charge in [0.2, 0.25) is 5.91 Å². The fourth-order valence-corrected chi connectivity index (χ4v) is 1.61. The smallest absolute Gasteiger partial charge is 0.229 e. The van der Waals surface area contributed by atoms with E-state index >= 15 is 0 Å². The van der Waals surface area contributed by atoms with E-state index < -0.39 is 11.3 Å². The Bertz CT molecular complexity index is 377. The molecule has 0 aliphatic rings. The summed E-state index contributed by atoms with van der Waals surface area (Å²) in [6.07, 6.45) is 1.44. The molecular weight excluding hydrogens is 223 g/mol. The Labute approximate surface area is 92.2 Å². The Kier molecular flexibility index (Phi) is 3.02. The van der Waals surface area contributed by atoms with Gasteiger partial charge < -0.3 is 5.73 Å². The van der Waals surface area contributed by atoms with Crippen molar-refractivity contribution in [1.82, 2.24) is 4.98 Å². The van der Waals surface area contributed by atoms with E-state index in [1.165, 1.54) is 12.3 Å². The number of pyridine rings is 1. The van der Waals surface area contributed by atoms with E-state index in [0.29, 0.717) is 15.7 Å². The predicted octanol–water partition coefficient (Wildman–Crippen LogP) is 2.15. The molecule has 0 aliphatic heterocycles. The van der Waals surface area contributed by atoms with E-state index in [9.17, 15) is 4.79 Å². The van der Waals surface area contributed by atoms with Crippen LogP contribution in [0.2, 0.25) is 10.0 Å². The van der Waals surface area contributed by atoms with E-state index in [4.69, 9.17) is 28.9 Å². The maximum absolute atomic E-state index is 11.1. The van der Waals surface area contributed by atoms with Crippen LogP contribution >= 0.6 is 23.2 Å². The first-order valence-electron chi connectivity index (χ1n) is 3.97. The second-order valence-electron chi connectivity index (χ2n) is 3.47. The van der Waals surface area contributed by atoms with Gasteiger partial charge in [-0.15, -0.1) is 0 Å². The number of hydrogen-bond donors (Lipinski definition) is 1. The molecule has 2 N–H and O–H groups in total. The van der Waals surface area contributed by atoms with Gasteiger partial charge in [-0.2, -0.15) is 0 Å². The maximum atomic E-state index is 11.1. The molecule has 0 radical (unpaired) electrons. The summed E-state index contributed by atoms with van der Waals surface area (Å²) in [4.78, 5) is 15.2. The summed E-state index contributed by atoms with van der Waals surface area (Å²) in [6, 6.07) is 1.54. The van der Waals surface area contributed by atoms with Crippen molar-refractivity contribution in [2.75, 3.05) is 0 Å². The van der Waals surface area contributed by atoms with Crippen LogP contribution in [0.25, 0.3) is 0 Å². The largest absolute Gasteiger partial charge is 0.369 e. The van der Waals surface area contributed by atoms with Crippen molar-refractivity contribution in [1.29, 1.82) is 0 Å². The van der Waals surface area contributed by atoms with Gasteiger partial charge in [-0.1, -0.05) is 23.2 Å². The first kappa shape index (κ1) is 11.3. The molecule has 1 amide bonds. The topological polar surface area (TPSA) is 56.0 Å². The molecule has 1 aromatic rings. The van der Waals surface area contributed by atoms with Gasteiger partial charge in [0.05, 0.1) is 21.2 Å². The Morgan fingerprint density at radius 2 is 2.07 bits per heavy atom. The summed E-state index contributed by atoms with van der Waals surface area (Å²) >= 11 is 11.6. The van der Waals surface area contributed by atoms with E-state index in [-0.39, 0.29) is 0 Å². The van der Waals surface area contributed by atoms with Gasteiger partial charge in [0.15, 0.2) is 0 Å². The summed E-state index contributed by atoms with van der Waals surface area (Å²) in [5, 5.41) is 0.778. The number of carbonyl (C=O) groups excluding carboxylic acids is 1. The molecule has 0 fully saturated rings. The normalized spacial score (nSPS) is 11.4. The van der Waals surface area contributed by atoms with Crippen LogP contribution in [0.3, 0.4) is 0 Å². The van der Waals surface area contributed by atoms with Gasteiger partial charge >= 0.3 is 0 Å². The molecule has 0 saturated heterocycles. The number of halogens is 2. The fourth-order valence-electron chi connectivity index (χ4n) is 0.991. The van der Waals surface area contributed by atoms with Crippen molar-refractivity contribution < 1.29 is 4.79 Å². The van der Waals surface area contributed by atoms with Crippen LogP contribution in [0.4, 0.5) is 0 Å². The van der Waals surface area contributed by atoms with Gasteiger partial charge in [0.25, 0.3) is 0 Å². The lowest BCUT2D eigenvalue weighted by Crippen LogP contribution is -2.36. The average Bonchev–Trinajstić information content (AvgIpc) is 2.02. The Balaban J connectivity index is 3.26. The molecule has 0 aliphatic carbocycles. The number of amides is 1. The number of nitrogens with zero attached hydrogens (tertiary/aromatic N) is 1. The minimum absolute atomic E-state index is 0.348. The van der Waals surface area contributed by atoms with E-state index in [2.05, 4.69) is 4.98 Å². The summed E-state index contributed by atoms with van der Waals surface area (Å²) in [5.41, 5.74) is 4.79. The Morgan fingerprint density at radius 1 is 1.50 bits per heavy atom. The van der Waals surface area contributed by atoms with Crippen LogP contribution in [-0.4, -0.2) is 10.9 Å². The van der Waals surface area contributed by atoms with Gasteiger partial charge in [-0.25, -0.2) is 0 Å². The fraction of sp³-hybridized carbons (Fsp3) is 0.333. The summed E-state index contributed by atoms with van der Waals surface area (Å²) in [7, 11) is 0. The van der Waals surface area contributed by atoms with Gasteiger partial charge in [-0.05, 0) is 19.9 Å². The number of rotatable bonds is 2. The standard InChI is InChI=1S/C9H10Cl2N2O/c1-9(2,8(12)14)7-6(11)3-5(10)4-13-7/h3-4H,1-2H3,(H2,12,14). The number of nitrogens with two attached hydrogens (primary N) is 1. The van der Waals surface area contributed by atoms with Crippen molar-refractivity contribution in [3.05, 3.63) is 28.0 Å². The minimum Gasteiger partial charge on any atom is -0.369 e. The highest BCUT2D eigenvalue weighted by Gasteiger charge is 2.31. The molecule has 1 heterocycles. The number of hydrogen-bond acceptors (Lipinski definition) is 2. The third kappa shape index (κ3) is 1.99. The molecule has 0 spiro atoms. The quantitative estimate of drug-likeness (QED) is 0.850. The maximum Gasteiger partial charge on any atom is 0.229 e. The second kappa shape index (κ2) is 3.75. The molecular formula is C9H10Cl2N2O. The van der Waals surface area contributed by atoms with Gasteiger partial charge in [0, 0.05) is 6.20 Å². The van der Waals surface area contributed by atoms with Crippen molar-refractivity contribution in [3.8, 4) is 0 Å². The predicted molar refractivity (Wildman–Crippen MR) is 56.5 cm³/mol. The van der Waals surface area contributed by atoms with Gasteiger partial charge in [-0.3, -0.25) is 9.78 Å². The molecule has 5 heteroatoms. The first-order valence-corrected chi connectivity index (χ1v) is 4.72. The van der Waals surface area contributed by atoms with Crippen LogP contribution in [0.1, 0.15) is 19.5 Å². The monoisotopic (exact) mass is 232 g/mol. The van der Waals surface area contributed by atoms with Crippen molar-refractivity contribution in [3.63, 3.8) is 0 Å². The summed E-state index contributed by atoms with van der Waals surface area (Å²) in [6.45, 7) is 3.33. The number of carbonyl (C=O) groups is 1. The Hall–Kier alpha value is -0.800. The molecule has 0 bridgehead atoms. The Morgan fingerprint density at radius 3 is 2.50 bits per heavy atom. The van der Waals surface area contributed by atoms with Crippen LogP contribution in [0.15, 0.2) is 12.3 Å². The zero-order valence-corrected chi connectivity index (χ0v) is 9.36. The zero-order chi connectivity index (χ0) is 10.9. The molecule has 1 aromatic heterocycles. The van der Waals surface area contributed by atoms with Crippen molar-refractivity contribution in [2.24, 2.45) is 5.73 Å². The SMILES string of the molecule is CC(C)(C(N)=O)c1ncc(Cl)cc1Cl. The van der Waals surface area contributed by atoms with Crippen LogP contribution < -0.4 is 5.73 Å². The first-order chi connectivity index (χ1) is 6.35. The second-order valence-corrected chi connectivity index (χ2v) is 4.32. The molecule has 14 heavy (non-hydrogen) atoms. The van der Waals surface area contributed by atoms with Crippen molar-refractivity contribution in [2.45, 2.75) is 19.3 Å². The highest BCUT2D eigenvalue weighted by Crippen LogP contribution is 2.29. The molecule has 3 nitrogen and oxygen atoms in total. The molecule has 0 saturated carbocycles. The average molecular weight is 233 g/mol. The summed E-state index contributed by atoms with van der Waals surface area (Å²) in [5.74, 6) is -0.478. The van der Waals surface area contributed by atoms with E-state index in [0.717, 1.165) is 0 Å². The molecule has 0 atom stereocenters. The summed E-state index contributed by atoms with van der Waals surface area (Å²) < 4.78 is 0. The van der Waals surface area contributed by atoms with E-state index in [1.54, 1.807) is 13.8 Å². The van der Waals surface area contributed by atoms with Crippen LogP contribution in [0.5, 0.6) is 0 Å². The third-order valence-corrected chi connectivity index (χ3v) is 2.51.